The summed E-state index contributed by atoms with van der Waals surface area (Å²) in [6, 6.07) is 7.39. The maximum Gasteiger partial charge on any atom is 0.0725 e. The Balaban J connectivity index is 2.08. The van der Waals surface area contributed by atoms with Crippen LogP contribution in [0.2, 0.25) is 0 Å². The van der Waals surface area contributed by atoms with Crippen molar-refractivity contribution < 1.29 is 4.74 Å². The fraction of sp³-hybridized carbons (Fsp3) is 0.667. The molecule has 0 radical (unpaired) electrons. The Labute approximate surface area is 123 Å². The normalized spacial score (nSPS) is 16.9. The summed E-state index contributed by atoms with van der Waals surface area (Å²) >= 11 is 0. The van der Waals surface area contributed by atoms with Crippen LogP contribution in [0.15, 0.2) is 18.2 Å². The van der Waals surface area contributed by atoms with Gasteiger partial charge in [-0.2, -0.15) is 0 Å². The van der Waals surface area contributed by atoms with Gasteiger partial charge in [-0.1, -0.05) is 51.8 Å². The molecule has 0 aliphatic carbocycles. The molecule has 20 heavy (non-hydrogen) atoms. The van der Waals surface area contributed by atoms with E-state index in [1.807, 2.05) is 0 Å². The first-order valence-electron chi connectivity index (χ1n) is 8.17. The number of benzene rings is 1. The molecular weight excluding hydrogens is 246 g/mol. The Bertz CT molecular complexity index is 416. The van der Waals surface area contributed by atoms with Crippen LogP contribution in [0.4, 0.5) is 0 Å². The molecule has 2 rings (SSSR count). The van der Waals surface area contributed by atoms with Crippen molar-refractivity contribution in [1.29, 1.82) is 0 Å². The van der Waals surface area contributed by atoms with Gasteiger partial charge in [-0.3, -0.25) is 0 Å². The molecule has 2 heteroatoms. The molecule has 1 aliphatic heterocycles. The lowest BCUT2D eigenvalue weighted by Crippen LogP contribution is -2.24. The average Bonchev–Trinajstić information content (AvgIpc) is 2.91. The van der Waals surface area contributed by atoms with Gasteiger partial charge in [-0.05, 0) is 42.0 Å². The van der Waals surface area contributed by atoms with Crippen molar-refractivity contribution in [3.05, 3.63) is 34.9 Å². The van der Waals surface area contributed by atoms with Gasteiger partial charge in [-0.25, -0.2) is 0 Å². The van der Waals surface area contributed by atoms with Crippen molar-refractivity contribution in [3.8, 4) is 0 Å². The summed E-state index contributed by atoms with van der Waals surface area (Å²) in [5.74, 6) is 0.777. The van der Waals surface area contributed by atoms with E-state index >= 15 is 0 Å². The lowest BCUT2D eigenvalue weighted by Gasteiger charge is -2.23. The first-order chi connectivity index (χ1) is 9.74. The van der Waals surface area contributed by atoms with Crippen molar-refractivity contribution in [1.82, 2.24) is 5.32 Å². The first-order valence-corrected chi connectivity index (χ1v) is 8.17. The molecule has 0 aromatic heterocycles. The molecule has 1 aromatic rings. The molecule has 2 atom stereocenters. The summed E-state index contributed by atoms with van der Waals surface area (Å²) in [4.78, 5) is 0. The number of ether oxygens (including phenoxy) is 1. The Morgan fingerprint density at radius 1 is 1.15 bits per heavy atom. The summed E-state index contributed by atoms with van der Waals surface area (Å²) in [6.45, 7) is 9.55. The molecule has 0 fully saturated rings. The van der Waals surface area contributed by atoms with Gasteiger partial charge in [0.05, 0.1) is 13.2 Å². The van der Waals surface area contributed by atoms with Crippen LogP contribution in [0.1, 0.15) is 69.2 Å². The zero-order chi connectivity index (χ0) is 14.4. The van der Waals surface area contributed by atoms with Crippen LogP contribution in [-0.2, 0) is 18.0 Å². The summed E-state index contributed by atoms with van der Waals surface area (Å²) < 4.78 is 5.53. The van der Waals surface area contributed by atoms with E-state index in [0.29, 0.717) is 6.04 Å². The molecule has 1 aliphatic rings. The van der Waals surface area contributed by atoms with Crippen molar-refractivity contribution in [2.45, 2.75) is 65.7 Å². The standard InChI is InChI=1S/C18H29NO/c1-4-6-14(3)10-18(19-9-5-2)15-7-8-16-12-20-13-17(16)11-15/h7-8,11,14,18-19H,4-6,9-10,12-13H2,1-3H3. The van der Waals surface area contributed by atoms with Crippen molar-refractivity contribution in [3.63, 3.8) is 0 Å². The molecule has 0 spiro atoms. The zero-order valence-electron chi connectivity index (χ0n) is 13.2. The van der Waals surface area contributed by atoms with Gasteiger partial charge in [-0.15, -0.1) is 0 Å². The Kier molecular flexibility index (Phi) is 6.06. The van der Waals surface area contributed by atoms with E-state index in [0.717, 1.165) is 25.7 Å². The monoisotopic (exact) mass is 275 g/mol. The van der Waals surface area contributed by atoms with Crippen LogP contribution >= 0.6 is 0 Å². The third-order valence-electron chi connectivity index (χ3n) is 4.21. The minimum absolute atomic E-state index is 0.488. The average molecular weight is 275 g/mol. The van der Waals surface area contributed by atoms with E-state index < -0.39 is 0 Å². The zero-order valence-corrected chi connectivity index (χ0v) is 13.2. The highest BCUT2D eigenvalue weighted by molar-refractivity contribution is 5.34. The van der Waals surface area contributed by atoms with E-state index in [1.54, 1.807) is 0 Å². The lowest BCUT2D eigenvalue weighted by atomic mass is 9.91. The Morgan fingerprint density at radius 3 is 2.70 bits per heavy atom. The van der Waals surface area contributed by atoms with E-state index in [4.69, 9.17) is 4.74 Å². The molecule has 1 heterocycles. The molecule has 0 amide bonds. The summed E-state index contributed by atoms with van der Waals surface area (Å²) in [7, 11) is 0. The quantitative estimate of drug-likeness (QED) is 0.749. The number of rotatable bonds is 8. The largest absolute Gasteiger partial charge is 0.372 e. The minimum Gasteiger partial charge on any atom is -0.372 e. The van der Waals surface area contributed by atoms with Crippen molar-refractivity contribution in [2.75, 3.05) is 6.54 Å². The van der Waals surface area contributed by atoms with Gasteiger partial charge < -0.3 is 10.1 Å². The van der Waals surface area contributed by atoms with Crippen LogP contribution in [0.25, 0.3) is 0 Å². The molecule has 0 saturated heterocycles. The van der Waals surface area contributed by atoms with Gasteiger partial charge in [0.25, 0.3) is 0 Å². The third kappa shape index (κ3) is 4.07. The molecule has 1 N–H and O–H groups in total. The van der Waals surface area contributed by atoms with Crippen molar-refractivity contribution >= 4 is 0 Å². The highest BCUT2D eigenvalue weighted by atomic mass is 16.5. The fourth-order valence-corrected chi connectivity index (χ4v) is 3.08. The summed E-state index contributed by atoms with van der Waals surface area (Å²) in [5.41, 5.74) is 4.18. The van der Waals surface area contributed by atoms with Crippen molar-refractivity contribution in [2.24, 2.45) is 5.92 Å². The SMILES string of the molecule is CCCNC(CC(C)CCC)c1ccc2c(c1)COC2. The number of fused-ring (bicyclic) bond motifs is 1. The predicted molar refractivity (Wildman–Crippen MR) is 84.7 cm³/mol. The third-order valence-corrected chi connectivity index (χ3v) is 4.21. The van der Waals surface area contributed by atoms with Gasteiger partial charge in [0.15, 0.2) is 0 Å². The Hall–Kier alpha value is -0.860. The predicted octanol–water partition coefficient (Wildman–Crippen LogP) is 4.58. The van der Waals surface area contributed by atoms with Crippen LogP contribution in [0, 0.1) is 5.92 Å². The maximum atomic E-state index is 5.53. The van der Waals surface area contributed by atoms with E-state index in [9.17, 15) is 0 Å². The second-order valence-electron chi connectivity index (χ2n) is 6.16. The second kappa shape index (κ2) is 7.80. The topological polar surface area (TPSA) is 21.3 Å². The van der Waals surface area contributed by atoms with Crippen LogP contribution in [0.3, 0.4) is 0 Å². The van der Waals surface area contributed by atoms with E-state index in [1.165, 1.54) is 42.4 Å². The summed E-state index contributed by atoms with van der Waals surface area (Å²) in [6.07, 6.45) is 5.01. The van der Waals surface area contributed by atoms with Crippen LogP contribution in [0.5, 0.6) is 0 Å². The highest BCUT2D eigenvalue weighted by Gasteiger charge is 2.18. The van der Waals surface area contributed by atoms with E-state index in [-0.39, 0.29) is 0 Å². The number of nitrogens with one attached hydrogen (secondary N) is 1. The molecule has 0 bridgehead atoms. The Morgan fingerprint density at radius 2 is 1.95 bits per heavy atom. The van der Waals surface area contributed by atoms with E-state index in [2.05, 4.69) is 44.3 Å². The molecule has 0 saturated carbocycles. The molecule has 112 valence electrons. The van der Waals surface area contributed by atoms with Gasteiger partial charge >= 0.3 is 0 Å². The van der Waals surface area contributed by atoms with Gasteiger partial charge in [0, 0.05) is 6.04 Å². The minimum atomic E-state index is 0.488. The first kappa shape index (κ1) is 15.5. The van der Waals surface area contributed by atoms with Gasteiger partial charge in [0.2, 0.25) is 0 Å². The molecule has 2 nitrogen and oxygen atoms in total. The number of hydrogen-bond donors (Lipinski definition) is 1. The smallest absolute Gasteiger partial charge is 0.0725 e. The second-order valence-corrected chi connectivity index (χ2v) is 6.16. The van der Waals surface area contributed by atoms with Crippen LogP contribution in [-0.4, -0.2) is 6.54 Å². The van der Waals surface area contributed by atoms with Crippen LogP contribution < -0.4 is 5.32 Å². The molecular formula is C18H29NO. The maximum absolute atomic E-state index is 5.53. The lowest BCUT2D eigenvalue weighted by molar-refractivity contribution is 0.134. The highest BCUT2D eigenvalue weighted by Crippen LogP contribution is 2.28. The number of hydrogen-bond acceptors (Lipinski definition) is 2. The fourth-order valence-electron chi connectivity index (χ4n) is 3.08. The molecule has 2 unspecified atom stereocenters. The summed E-state index contributed by atoms with van der Waals surface area (Å²) in [5, 5.41) is 3.73. The molecule has 1 aromatic carbocycles. The van der Waals surface area contributed by atoms with Gasteiger partial charge in [0.1, 0.15) is 0 Å².